The molecule has 0 unspecified atom stereocenters. The molecule has 7 nitrogen and oxygen atoms in total. The largest absolute Gasteiger partial charge is 0.495 e. The Morgan fingerprint density at radius 2 is 1.97 bits per heavy atom. The lowest BCUT2D eigenvalue weighted by Gasteiger charge is -2.27. The van der Waals surface area contributed by atoms with E-state index in [1.165, 1.54) is 29.6 Å². The molecule has 0 radical (unpaired) electrons. The number of carbonyl (C=O) groups is 1. The first kappa shape index (κ1) is 23.9. The van der Waals surface area contributed by atoms with Gasteiger partial charge < -0.3 is 14.4 Å². The number of rotatable bonds is 8. The Labute approximate surface area is 198 Å². The van der Waals surface area contributed by atoms with E-state index >= 15 is 0 Å². The van der Waals surface area contributed by atoms with E-state index in [0.29, 0.717) is 18.8 Å². The van der Waals surface area contributed by atoms with Crippen LogP contribution in [-0.2, 0) is 32.5 Å². The van der Waals surface area contributed by atoms with Crippen LogP contribution in [0.2, 0.25) is 5.02 Å². The number of benzene rings is 2. The molecule has 1 aliphatic heterocycles. The molecule has 1 aliphatic carbocycles. The second-order valence-electron chi connectivity index (χ2n) is 8.13. The fourth-order valence-electron chi connectivity index (χ4n) is 3.90. The molecule has 0 atom stereocenters. The Morgan fingerprint density at radius 1 is 1.24 bits per heavy atom. The normalized spacial score (nSPS) is 17.1. The van der Waals surface area contributed by atoms with Gasteiger partial charge in [-0.3, -0.25) is 4.79 Å². The average Bonchev–Trinajstić information content (AvgIpc) is 3.64. The average molecular weight is 497 g/mol. The number of ether oxygens (including phenoxy) is 2. The van der Waals surface area contributed by atoms with E-state index < -0.39 is 15.8 Å². The van der Waals surface area contributed by atoms with E-state index in [4.69, 9.17) is 21.1 Å². The maximum atomic E-state index is 14.3. The van der Waals surface area contributed by atoms with Crippen LogP contribution in [0.5, 0.6) is 5.75 Å². The molecule has 10 heteroatoms. The van der Waals surface area contributed by atoms with Crippen molar-refractivity contribution in [2.45, 2.75) is 36.7 Å². The molecule has 1 saturated heterocycles. The van der Waals surface area contributed by atoms with Crippen molar-refractivity contribution in [3.05, 3.63) is 58.4 Å². The highest BCUT2D eigenvalue weighted by molar-refractivity contribution is 7.89. The number of methoxy groups -OCH3 is 1. The van der Waals surface area contributed by atoms with Crippen molar-refractivity contribution in [2.75, 3.05) is 33.4 Å². The van der Waals surface area contributed by atoms with E-state index in [1.54, 1.807) is 23.1 Å². The molecule has 0 N–H and O–H groups in total. The highest BCUT2D eigenvalue weighted by Gasteiger charge is 2.34. The van der Waals surface area contributed by atoms with Crippen LogP contribution >= 0.6 is 11.6 Å². The van der Waals surface area contributed by atoms with E-state index in [2.05, 4.69) is 0 Å². The Kier molecular flexibility index (Phi) is 7.23. The quantitative estimate of drug-likeness (QED) is 0.561. The van der Waals surface area contributed by atoms with Crippen molar-refractivity contribution < 1.29 is 27.1 Å². The van der Waals surface area contributed by atoms with E-state index in [0.717, 1.165) is 12.8 Å². The zero-order valence-corrected chi connectivity index (χ0v) is 19.9. The first-order chi connectivity index (χ1) is 15.8. The van der Waals surface area contributed by atoms with Gasteiger partial charge in [0.05, 0.1) is 33.3 Å². The summed E-state index contributed by atoms with van der Waals surface area (Å²) < 4.78 is 52.6. The number of hydrogen-bond acceptors (Lipinski definition) is 5. The summed E-state index contributed by atoms with van der Waals surface area (Å²) >= 11 is 6.17. The topological polar surface area (TPSA) is 76.2 Å². The van der Waals surface area contributed by atoms with Crippen LogP contribution in [0, 0.1) is 5.82 Å². The minimum absolute atomic E-state index is 0.0157. The molecular weight excluding hydrogens is 471 g/mol. The number of sulfonamides is 1. The predicted molar refractivity (Wildman–Crippen MR) is 121 cm³/mol. The molecule has 178 valence electrons. The predicted octanol–water partition coefficient (Wildman–Crippen LogP) is 3.24. The molecule has 2 aromatic carbocycles. The summed E-state index contributed by atoms with van der Waals surface area (Å²) in [5.74, 6) is -0.448. The van der Waals surface area contributed by atoms with Crippen molar-refractivity contribution in [1.82, 2.24) is 9.21 Å². The second kappa shape index (κ2) is 9.97. The second-order valence-corrected chi connectivity index (χ2v) is 10.4. The highest BCUT2D eigenvalue weighted by Crippen LogP contribution is 2.32. The van der Waals surface area contributed by atoms with Crippen molar-refractivity contribution in [1.29, 1.82) is 0 Å². The van der Waals surface area contributed by atoms with Crippen LogP contribution < -0.4 is 4.74 Å². The number of nitrogens with zero attached hydrogens (tertiary/aromatic N) is 2. The molecule has 0 spiro atoms. The highest BCUT2D eigenvalue weighted by atomic mass is 35.5. The molecule has 1 amide bonds. The van der Waals surface area contributed by atoms with Crippen molar-refractivity contribution in [2.24, 2.45) is 0 Å². The van der Waals surface area contributed by atoms with E-state index in [9.17, 15) is 17.6 Å². The van der Waals surface area contributed by atoms with Gasteiger partial charge in [0, 0.05) is 29.7 Å². The monoisotopic (exact) mass is 496 g/mol. The lowest BCUT2D eigenvalue weighted by molar-refractivity contribution is -0.131. The first-order valence-corrected chi connectivity index (χ1v) is 12.6. The third-order valence-electron chi connectivity index (χ3n) is 5.87. The van der Waals surface area contributed by atoms with Crippen molar-refractivity contribution in [3.63, 3.8) is 0 Å². The van der Waals surface area contributed by atoms with Gasteiger partial charge in [-0.2, -0.15) is 4.31 Å². The van der Waals surface area contributed by atoms with Crippen LogP contribution in [0.15, 0.2) is 41.3 Å². The van der Waals surface area contributed by atoms with Crippen molar-refractivity contribution >= 4 is 27.5 Å². The summed E-state index contributed by atoms with van der Waals surface area (Å²) in [4.78, 5) is 14.8. The van der Waals surface area contributed by atoms with Crippen LogP contribution in [0.4, 0.5) is 4.39 Å². The van der Waals surface area contributed by atoms with Gasteiger partial charge in [0.1, 0.15) is 16.5 Å². The first-order valence-electron chi connectivity index (χ1n) is 10.8. The molecule has 4 rings (SSSR count). The van der Waals surface area contributed by atoms with Gasteiger partial charge in [0.15, 0.2) is 0 Å². The Morgan fingerprint density at radius 3 is 2.61 bits per heavy atom. The fraction of sp³-hybridized carbons (Fsp3) is 0.435. The molecule has 2 aliphatic rings. The van der Waals surface area contributed by atoms with Gasteiger partial charge in [-0.05, 0) is 42.7 Å². The molecule has 33 heavy (non-hydrogen) atoms. The van der Waals surface area contributed by atoms with Gasteiger partial charge in [-0.15, -0.1) is 0 Å². The molecule has 0 aromatic heterocycles. The van der Waals surface area contributed by atoms with Crippen LogP contribution in [0.3, 0.4) is 0 Å². The summed E-state index contributed by atoms with van der Waals surface area (Å²) in [5, 5.41) is 0.275. The molecule has 1 saturated carbocycles. The van der Waals surface area contributed by atoms with Gasteiger partial charge in [-0.25, -0.2) is 12.8 Å². The zero-order valence-electron chi connectivity index (χ0n) is 18.3. The number of morpholine rings is 1. The molecule has 2 fully saturated rings. The Hall–Kier alpha value is -2.20. The Balaban J connectivity index is 1.57. The van der Waals surface area contributed by atoms with E-state index in [-0.39, 0.29) is 59.2 Å². The summed E-state index contributed by atoms with van der Waals surface area (Å²) in [6.45, 7) is 1.24. The smallest absolute Gasteiger partial charge is 0.246 e. The fourth-order valence-corrected chi connectivity index (χ4v) is 5.73. The summed E-state index contributed by atoms with van der Waals surface area (Å²) in [6, 6.07) is 9.20. The zero-order chi connectivity index (χ0) is 23.6. The number of amides is 1. The number of hydrogen-bond donors (Lipinski definition) is 0. The van der Waals surface area contributed by atoms with Crippen LogP contribution in [-0.4, -0.2) is 63.0 Å². The third kappa shape index (κ3) is 5.32. The van der Waals surface area contributed by atoms with Crippen LogP contribution in [0.1, 0.15) is 24.0 Å². The summed E-state index contributed by atoms with van der Waals surface area (Å²) in [7, 11) is -2.40. The molecule has 1 heterocycles. The minimum Gasteiger partial charge on any atom is -0.495 e. The van der Waals surface area contributed by atoms with Crippen LogP contribution in [0.25, 0.3) is 0 Å². The lowest BCUT2D eigenvalue weighted by Crippen LogP contribution is -2.40. The SMILES string of the molecule is COc1ccc(CC(=O)N(Cc2c(F)cccc2Cl)C2CC2)cc1S(=O)(=O)N1CCOCC1. The van der Waals surface area contributed by atoms with Gasteiger partial charge in [-0.1, -0.05) is 23.7 Å². The molecule has 2 aromatic rings. The maximum absolute atomic E-state index is 14.3. The maximum Gasteiger partial charge on any atom is 0.246 e. The third-order valence-corrected chi connectivity index (χ3v) is 8.14. The van der Waals surface area contributed by atoms with Gasteiger partial charge in [0.2, 0.25) is 15.9 Å². The molecule has 0 bridgehead atoms. The van der Waals surface area contributed by atoms with Gasteiger partial charge in [0.25, 0.3) is 0 Å². The summed E-state index contributed by atoms with van der Waals surface area (Å²) in [5.41, 5.74) is 0.822. The van der Waals surface area contributed by atoms with Crippen molar-refractivity contribution in [3.8, 4) is 5.75 Å². The van der Waals surface area contributed by atoms with Gasteiger partial charge >= 0.3 is 0 Å². The number of carbonyl (C=O) groups excluding carboxylic acids is 1. The van der Waals surface area contributed by atoms with E-state index in [1.807, 2.05) is 0 Å². The standard InChI is InChI=1S/C23H26ClFN2O5S/c1-31-21-8-5-16(13-22(21)33(29,30)26-9-11-32-12-10-26)14-23(28)27(17-6-7-17)15-18-19(24)3-2-4-20(18)25/h2-5,8,13,17H,6-7,9-12,14-15H2,1H3. The lowest BCUT2D eigenvalue weighted by atomic mass is 10.1. The Bertz CT molecular complexity index is 1110. The number of halogens is 2. The molecular formula is C23H26ClFN2O5S. The summed E-state index contributed by atoms with van der Waals surface area (Å²) in [6.07, 6.45) is 1.67. The minimum atomic E-state index is -3.81.